The van der Waals surface area contributed by atoms with Crippen LogP contribution in [0.2, 0.25) is 0 Å². The molecule has 28 heavy (non-hydrogen) atoms. The summed E-state index contributed by atoms with van der Waals surface area (Å²) >= 11 is 0. The van der Waals surface area contributed by atoms with Crippen LogP contribution in [-0.2, 0) is 9.59 Å². The molecule has 2 amide bonds. The van der Waals surface area contributed by atoms with Crippen LogP contribution in [0.15, 0.2) is 54.6 Å². The Labute approximate surface area is 166 Å². The Morgan fingerprint density at radius 1 is 1.00 bits per heavy atom. The molecular formula is C22H27N3O3. The predicted molar refractivity (Wildman–Crippen MR) is 114 cm³/mol. The van der Waals surface area contributed by atoms with E-state index in [9.17, 15) is 9.59 Å². The molecule has 0 aliphatic rings. The molecule has 0 saturated heterocycles. The van der Waals surface area contributed by atoms with Gasteiger partial charge in [-0.15, -0.1) is 0 Å². The minimum Gasteiger partial charge on any atom is -0.489 e. The zero-order valence-corrected chi connectivity index (χ0v) is 16.6. The fourth-order valence-electron chi connectivity index (χ4n) is 2.34. The number of carbonyl (C=O) groups excluding carboxylic acids is 2. The van der Waals surface area contributed by atoms with E-state index in [-0.39, 0.29) is 18.4 Å². The summed E-state index contributed by atoms with van der Waals surface area (Å²) in [5.41, 5.74) is 4.03. The zero-order valence-electron chi connectivity index (χ0n) is 16.6. The molecule has 6 nitrogen and oxygen atoms in total. The van der Waals surface area contributed by atoms with Gasteiger partial charge < -0.3 is 20.7 Å². The minimum atomic E-state index is -0.181. The molecule has 3 N–H and O–H groups in total. The third-order valence-electron chi connectivity index (χ3n) is 3.91. The van der Waals surface area contributed by atoms with Gasteiger partial charge in [0.25, 0.3) is 0 Å². The molecular weight excluding hydrogens is 354 g/mol. The van der Waals surface area contributed by atoms with Gasteiger partial charge in [0, 0.05) is 23.5 Å². The van der Waals surface area contributed by atoms with Crippen molar-refractivity contribution in [1.82, 2.24) is 0 Å². The first-order valence-corrected chi connectivity index (χ1v) is 9.19. The monoisotopic (exact) mass is 381 g/mol. The quantitative estimate of drug-likeness (QED) is 0.564. The highest BCUT2D eigenvalue weighted by Crippen LogP contribution is 2.21. The van der Waals surface area contributed by atoms with Gasteiger partial charge in [0.05, 0.1) is 6.54 Å². The summed E-state index contributed by atoms with van der Waals surface area (Å²) in [5.74, 6) is 0.502. The normalized spacial score (nSPS) is 10.1. The molecule has 0 aromatic heterocycles. The van der Waals surface area contributed by atoms with Crippen LogP contribution in [-0.4, -0.2) is 25.0 Å². The average Bonchev–Trinajstić information content (AvgIpc) is 2.68. The molecule has 2 aromatic carbocycles. The number of anilines is 3. The molecule has 2 aromatic rings. The van der Waals surface area contributed by atoms with Crippen molar-refractivity contribution in [1.29, 1.82) is 0 Å². The summed E-state index contributed by atoms with van der Waals surface area (Å²) in [5, 5.41) is 8.73. The Hall–Kier alpha value is -3.28. The first-order chi connectivity index (χ1) is 13.4. The second-order valence-electron chi connectivity index (χ2n) is 6.60. The smallest absolute Gasteiger partial charge is 0.243 e. The Balaban J connectivity index is 1.87. The van der Waals surface area contributed by atoms with Crippen molar-refractivity contribution in [2.24, 2.45) is 0 Å². The van der Waals surface area contributed by atoms with Gasteiger partial charge in [0.2, 0.25) is 11.8 Å². The number of amides is 2. The molecule has 0 bridgehead atoms. The lowest BCUT2D eigenvalue weighted by Crippen LogP contribution is -2.22. The van der Waals surface area contributed by atoms with Crippen LogP contribution in [0.4, 0.5) is 17.1 Å². The lowest BCUT2D eigenvalue weighted by Gasteiger charge is -2.12. The van der Waals surface area contributed by atoms with E-state index in [0.717, 1.165) is 22.6 Å². The molecule has 2 rings (SSSR count). The summed E-state index contributed by atoms with van der Waals surface area (Å²) in [6.07, 6.45) is 0.400. The fraction of sp³-hybridized carbons (Fsp3) is 0.273. The van der Waals surface area contributed by atoms with E-state index in [1.165, 1.54) is 0 Å². The summed E-state index contributed by atoms with van der Waals surface area (Å²) in [7, 11) is 0. The van der Waals surface area contributed by atoms with Crippen LogP contribution in [0.3, 0.4) is 0 Å². The Bertz CT molecular complexity index is 845. The van der Waals surface area contributed by atoms with Crippen molar-refractivity contribution in [3.8, 4) is 5.75 Å². The third-order valence-corrected chi connectivity index (χ3v) is 3.91. The van der Waals surface area contributed by atoms with Gasteiger partial charge in [-0.3, -0.25) is 9.59 Å². The van der Waals surface area contributed by atoms with Gasteiger partial charge in [0.1, 0.15) is 12.4 Å². The van der Waals surface area contributed by atoms with Crippen molar-refractivity contribution < 1.29 is 14.3 Å². The first-order valence-electron chi connectivity index (χ1n) is 9.19. The van der Waals surface area contributed by atoms with Gasteiger partial charge in [-0.1, -0.05) is 19.6 Å². The van der Waals surface area contributed by atoms with E-state index < -0.39 is 0 Å². The summed E-state index contributed by atoms with van der Waals surface area (Å²) < 4.78 is 5.55. The highest BCUT2D eigenvalue weighted by molar-refractivity contribution is 5.96. The van der Waals surface area contributed by atoms with E-state index in [2.05, 4.69) is 22.5 Å². The number of aryl methyl sites for hydroxylation is 1. The van der Waals surface area contributed by atoms with Crippen LogP contribution in [0.5, 0.6) is 5.75 Å². The van der Waals surface area contributed by atoms with Crippen LogP contribution < -0.4 is 20.7 Å². The van der Waals surface area contributed by atoms with Crippen molar-refractivity contribution >= 4 is 28.9 Å². The second kappa shape index (κ2) is 10.2. The molecule has 0 saturated carbocycles. The van der Waals surface area contributed by atoms with E-state index in [1.807, 2.05) is 50.2 Å². The standard InChI is InChI=1S/C22H27N3O3/c1-5-21(26)25-20-12-18(7-6-16(20)4)24-22(27)13-23-17-8-10-19(11-9-17)28-14-15(2)3/h6-12,23H,2,5,13-14H2,1,3-4H3,(H,24,27)(H,25,26). The lowest BCUT2D eigenvalue weighted by molar-refractivity contribution is -0.116. The lowest BCUT2D eigenvalue weighted by atomic mass is 10.1. The van der Waals surface area contributed by atoms with Crippen molar-refractivity contribution in [2.75, 3.05) is 29.1 Å². The molecule has 0 spiro atoms. The SMILES string of the molecule is C=C(C)COc1ccc(NCC(=O)Nc2ccc(C)c(NC(=O)CC)c2)cc1. The predicted octanol–water partition coefficient (Wildman–Crippen LogP) is 4.35. The number of hydrogen-bond donors (Lipinski definition) is 3. The van der Waals surface area contributed by atoms with Crippen LogP contribution in [0.25, 0.3) is 0 Å². The second-order valence-corrected chi connectivity index (χ2v) is 6.60. The number of ether oxygens (including phenoxy) is 1. The number of nitrogens with one attached hydrogen (secondary N) is 3. The molecule has 0 atom stereocenters. The summed E-state index contributed by atoms with van der Waals surface area (Å²) in [4.78, 5) is 23.8. The first kappa shape index (κ1) is 21.0. The third kappa shape index (κ3) is 6.79. The highest BCUT2D eigenvalue weighted by Gasteiger charge is 2.07. The van der Waals surface area contributed by atoms with E-state index in [1.54, 1.807) is 13.0 Å². The molecule has 0 aliphatic heterocycles. The Morgan fingerprint density at radius 2 is 1.68 bits per heavy atom. The van der Waals surface area contributed by atoms with Crippen LogP contribution in [0, 0.1) is 6.92 Å². The molecule has 0 radical (unpaired) electrons. The van der Waals surface area contributed by atoms with Gasteiger partial charge >= 0.3 is 0 Å². The van der Waals surface area contributed by atoms with Crippen LogP contribution in [0.1, 0.15) is 25.8 Å². The van der Waals surface area contributed by atoms with Gasteiger partial charge in [-0.25, -0.2) is 0 Å². The maximum atomic E-state index is 12.2. The van der Waals surface area contributed by atoms with Crippen molar-refractivity contribution in [3.63, 3.8) is 0 Å². The topological polar surface area (TPSA) is 79.5 Å². The van der Waals surface area contributed by atoms with Crippen molar-refractivity contribution in [3.05, 3.63) is 60.2 Å². The molecule has 0 unspecified atom stereocenters. The van der Waals surface area contributed by atoms with Crippen molar-refractivity contribution in [2.45, 2.75) is 27.2 Å². The number of benzene rings is 2. The Morgan fingerprint density at radius 3 is 2.32 bits per heavy atom. The van der Waals surface area contributed by atoms with Gasteiger partial charge in [-0.2, -0.15) is 0 Å². The van der Waals surface area contributed by atoms with E-state index >= 15 is 0 Å². The summed E-state index contributed by atoms with van der Waals surface area (Å²) in [6.45, 7) is 10.0. The minimum absolute atomic E-state index is 0.0658. The van der Waals surface area contributed by atoms with E-state index in [0.29, 0.717) is 24.4 Å². The van der Waals surface area contributed by atoms with Gasteiger partial charge in [0.15, 0.2) is 0 Å². The molecule has 0 aliphatic carbocycles. The Kier molecular flexibility index (Phi) is 7.63. The maximum Gasteiger partial charge on any atom is 0.243 e. The number of carbonyl (C=O) groups is 2. The molecule has 148 valence electrons. The fourth-order valence-corrected chi connectivity index (χ4v) is 2.34. The zero-order chi connectivity index (χ0) is 20.5. The number of hydrogen-bond acceptors (Lipinski definition) is 4. The number of rotatable bonds is 9. The highest BCUT2D eigenvalue weighted by atomic mass is 16.5. The largest absolute Gasteiger partial charge is 0.489 e. The molecule has 0 fully saturated rings. The van der Waals surface area contributed by atoms with E-state index in [4.69, 9.17) is 4.74 Å². The molecule has 0 heterocycles. The van der Waals surface area contributed by atoms with Crippen LogP contribution >= 0.6 is 0 Å². The summed E-state index contributed by atoms with van der Waals surface area (Å²) in [6, 6.07) is 12.8. The molecule has 6 heteroatoms. The van der Waals surface area contributed by atoms with Gasteiger partial charge in [-0.05, 0) is 61.4 Å². The average molecular weight is 381 g/mol. The maximum absolute atomic E-state index is 12.2.